The molecule has 188 valence electrons. The van der Waals surface area contributed by atoms with Crippen molar-refractivity contribution < 1.29 is 24.0 Å². The van der Waals surface area contributed by atoms with Crippen LogP contribution in [0.4, 0.5) is 4.79 Å². The Morgan fingerprint density at radius 2 is 1.88 bits per heavy atom. The molecule has 0 aliphatic carbocycles. The molecule has 10 nitrogen and oxygen atoms in total. The van der Waals surface area contributed by atoms with Gasteiger partial charge in [0.1, 0.15) is 12.1 Å². The molecule has 1 aliphatic heterocycles. The van der Waals surface area contributed by atoms with Crippen molar-refractivity contribution in [3.05, 3.63) is 12.7 Å². The zero-order chi connectivity index (χ0) is 25.9. The van der Waals surface area contributed by atoms with E-state index in [1.165, 1.54) is 18.0 Å². The molecule has 1 saturated heterocycles. The van der Waals surface area contributed by atoms with Gasteiger partial charge >= 0.3 is 6.03 Å². The Morgan fingerprint density at radius 1 is 1.21 bits per heavy atom. The molecule has 0 bridgehead atoms. The summed E-state index contributed by atoms with van der Waals surface area (Å²) in [7, 11) is 1.46. The second kappa shape index (κ2) is 13.4. The van der Waals surface area contributed by atoms with Gasteiger partial charge in [0.25, 0.3) is 5.91 Å². The van der Waals surface area contributed by atoms with Crippen molar-refractivity contribution in [2.75, 3.05) is 20.1 Å². The van der Waals surface area contributed by atoms with E-state index in [0.29, 0.717) is 32.2 Å². The van der Waals surface area contributed by atoms with Crippen molar-refractivity contribution >= 4 is 29.5 Å². The first-order valence-corrected chi connectivity index (χ1v) is 11.4. The molecule has 34 heavy (non-hydrogen) atoms. The molecule has 0 spiro atoms. The molecule has 0 aromatic carbocycles. The fourth-order valence-corrected chi connectivity index (χ4v) is 3.68. The number of hydrogen-bond donors (Lipinski definition) is 4. The highest BCUT2D eigenvalue weighted by atomic mass is 16.2. The first-order chi connectivity index (χ1) is 16.0. The van der Waals surface area contributed by atoms with Crippen LogP contribution in [0.1, 0.15) is 52.9 Å². The lowest BCUT2D eigenvalue weighted by Crippen LogP contribution is -2.59. The average Bonchev–Trinajstić information content (AvgIpc) is 3.28. The van der Waals surface area contributed by atoms with Gasteiger partial charge in [-0.1, -0.05) is 26.8 Å². The van der Waals surface area contributed by atoms with Gasteiger partial charge in [0.2, 0.25) is 17.6 Å². The number of nitrogens with one attached hydrogen (secondary N) is 4. The van der Waals surface area contributed by atoms with Crippen LogP contribution in [0, 0.1) is 17.8 Å². The summed E-state index contributed by atoms with van der Waals surface area (Å²) in [6, 6.07) is -2.73. The molecule has 3 unspecified atom stereocenters. The zero-order valence-electron chi connectivity index (χ0n) is 20.5. The monoisotopic (exact) mass is 475 g/mol. The lowest BCUT2D eigenvalue weighted by molar-refractivity contribution is -0.142. The molecule has 1 heterocycles. The number of terminal acetylenes is 1. The number of Topliss-reactive ketones (excluding diaryl/α,β-unsaturated/α-hetero) is 1. The minimum absolute atomic E-state index is 0.157. The summed E-state index contributed by atoms with van der Waals surface area (Å²) in [6.45, 7) is 9.50. The summed E-state index contributed by atoms with van der Waals surface area (Å²) in [5.41, 5.74) is -0.590. The van der Waals surface area contributed by atoms with Gasteiger partial charge in [0.05, 0.1) is 0 Å². The maximum atomic E-state index is 13.3. The predicted molar refractivity (Wildman–Crippen MR) is 128 cm³/mol. The second-order valence-corrected chi connectivity index (χ2v) is 9.29. The molecule has 1 fully saturated rings. The van der Waals surface area contributed by atoms with Gasteiger partial charge in [-0.05, 0) is 24.7 Å². The van der Waals surface area contributed by atoms with E-state index in [2.05, 4.69) is 33.8 Å². The Hall–Kier alpha value is -3.35. The molecule has 5 amide bonds. The number of carbonyl (C=O) groups excluding carboxylic acids is 5. The summed E-state index contributed by atoms with van der Waals surface area (Å²) in [5, 5.41) is 10.3. The molecule has 4 N–H and O–H groups in total. The Bertz CT molecular complexity index is 827. The van der Waals surface area contributed by atoms with Crippen LogP contribution in [0.25, 0.3) is 0 Å². The van der Waals surface area contributed by atoms with Gasteiger partial charge in [-0.3, -0.25) is 19.2 Å². The molecule has 1 rings (SSSR count). The number of amides is 5. The standard InChI is InChI=1S/C24H37N5O5/c1-7-9-11-16(15-18(30)21(32)26-13-8-2)27-20(31)17-12-10-14-29(17)22(33)19(24(3,4)5)28-23(34)25-6/h1,8,16-17,19H,2,9-15H2,3-6H3,(H,26,32)(H,27,31)(H2,25,28,34). The van der Waals surface area contributed by atoms with E-state index < -0.39 is 47.2 Å². The minimum atomic E-state index is -0.840. The summed E-state index contributed by atoms with van der Waals surface area (Å²) >= 11 is 0. The number of ketones is 1. The third-order valence-corrected chi connectivity index (χ3v) is 5.53. The maximum Gasteiger partial charge on any atom is 0.315 e. The van der Waals surface area contributed by atoms with Gasteiger partial charge in [0, 0.05) is 39.0 Å². The van der Waals surface area contributed by atoms with E-state index in [9.17, 15) is 24.0 Å². The lowest BCUT2D eigenvalue weighted by Gasteiger charge is -2.35. The maximum absolute atomic E-state index is 13.3. The number of carbonyl (C=O) groups is 5. The van der Waals surface area contributed by atoms with Crippen molar-refractivity contribution in [3.8, 4) is 12.3 Å². The average molecular weight is 476 g/mol. The SMILES string of the molecule is C#CCCC(CC(=O)C(=O)NCC=C)NC(=O)C1CCCN1C(=O)C(NC(=O)NC)C(C)(C)C. The fourth-order valence-electron chi connectivity index (χ4n) is 3.68. The van der Waals surface area contributed by atoms with E-state index >= 15 is 0 Å². The topological polar surface area (TPSA) is 137 Å². The number of hydrogen-bond acceptors (Lipinski definition) is 5. The van der Waals surface area contributed by atoms with Crippen molar-refractivity contribution in [1.82, 2.24) is 26.2 Å². The van der Waals surface area contributed by atoms with Gasteiger partial charge in [-0.2, -0.15) is 0 Å². The Balaban J connectivity index is 2.96. The Morgan fingerprint density at radius 3 is 2.44 bits per heavy atom. The first kappa shape index (κ1) is 28.7. The predicted octanol–water partition coefficient (Wildman–Crippen LogP) is 0.481. The molecule has 0 saturated carbocycles. The van der Waals surface area contributed by atoms with Crippen LogP contribution in [0.3, 0.4) is 0 Å². The highest BCUT2D eigenvalue weighted by molar-refractivity contribution is 6.36. The summed E-state index contributed by atoms with van der Waals surface area (Å²) < 4.78 is 0. The molecule has 3 atom stereocenters. The molecular formula is C24H37N5O5. The van der Waals surface area contributed by atoms with Gasteiger partial charge < -0.3 is 26.2 Å². The van der Waals surface area contributed by atoms with E-state index in [-0.39, 0.29) is 18.9 Å². The number of nitrogens with zero attached hydrogens (tertiary/aromatic N) is 1. The van der Waals surface area contributed by atoms with Crippen molar-refractivity contribution in [2.45, 2.75) is 71.0 Å². The summed E-state index contributed by atoms with van der Waals surface area (Å²) in [5.74, 6) is 0.270. The van der Waals surface area contributed by atoms with Crippen molar-refractivity contribution in [2.24, 2.45) is 5.41 Å². The van der Waals surface area contributed by atoms with Crippen LogP contribution in [0.15, 0.2) is 12.7 Å². The van der Waals surface area contributed by atoms with Gasteiger partial charge in [-0.25, -0.2) is 4.79 Å². The fraction of sp³-hybridized carbons (Fsp3) is 0.625. The summed E-state index contributed by atoms with van der Waals surface area (Å²) in [4.78, 5) is 64.0. The molecular weight excluding hydrogens is 438 g/mol. The zero-order valence-corrected chi connectivity index (χ0v) is 20.5. The largest absolute Gasteiger partial charge is 0.351 e. The highest BCUT2D eigenvalue weighted by Crippen LogP contribution is 2.26. The number of urea groups is 1. The molecule has 0 aromatic rings. The molecule has 0 radical (unpaired) electrons. The smallest absolute Gasteiger partial charge is 0.315 e. The third kappa shape index (κ3) is 8.54. The normalized spacial score (nSPS) is 17.0. The number of rotatable bonds is 11. The molecule has 0 aromatic heterocycles. The summed E-state index contributed by atoms with van der Waals surface area (Å²) in [6.07, 6.45) is 8.28. The molecule has 1 aliphatic rings. The second-order valence-electron chi connectivity index (χ2n) is 9.29. The Kier molecular flexibility index (Phi) is 11.3. The van der Waals surface area contributed by atoms with E-state index in [1.807, 2.05) is 20.8 Å². The van der Waals surface area contributed by atoms with Crippen LogP contribution in [-0.4, -0.2) is 72.7 Å². The third-order valence-electron chi connectivity index (χ3n) is 5.53. The number of likely N-dealkylation sites (tertiary alicyclic amines) is 1. The van der Waals surface area contributed by atoms with Gasteiger partial charge in [-0.15, -0.1) is 18.9 Å². The van der Waals surface area contributed by atoms with E-state index in [4.69, 9.17) is 6.42 Å². The van der Waals surface area contributed by atoms with Crippen LogP contribution >= 0.6 is 0 Å². The van der Waals surface area contributed by atoms with E-state index in [0.717, 1.165) is 0 Å². The first-order valence-electron chi connectivity index (χ1n) is 11.4. The van der Waals surface area contributed by atoms with Crippen LogP contribution < -0.4 is 21.3 Å². The molecule has 10 heteroatoms. The van der Waals surface area contributed by atoms with Gasteiger partial charge in [0.15, 0.2) is 0 Å². The van der Waals surface area contributed by atoms with Crippen LogP contribution in [0.5, 0.6) is 0 Å². The van der Waals surface area contributed by atoms with Crippen LogP contribution in [-0.2, 0) is 19.2 Å². The highest BCUT2D eigenvalue weighted by Gasteiger charge is 2.42. The quantitative estimate of drug-likeness (QED) is 0.196. The van der Waals surface area contributed by atoms with Crippen LogP contribution in [0.2, 0.25) is 0 Å². The minimum Gasteiger partial charge on any atom is -0.351 e. The lowest BCUT2D eigenvalue weighted by atomic mass is 9.85. The van der Waals surface area contributed by atoms with Crippen molar-refractivity contribution in [1.29, 1.82) is 0 Å². The van der Waals surface area contributed by atoms with E-state index in [1.54, 1.807) is 0 Å². The Labute approximate surface area is 201 Å². The van der Waals surface area contributed by atoms with Crippen molar-refractivity contribution in [3.63, 3.8) is 0 Å².